The molecule has 0 bridgehead atoms. The maximum absolute atomic E-state index is 11.4. The standard InChI is InChI=1S/C16H19N3O3/c1-2-12-4-3-5-14(10-12)22-15-7-6-13(11-18-15)19-16(21)17-8-9-20/h3-7,10-11,20H,2,8-9H2,1H3,(H2,17,19,21). The Morgan fingerprint density at radius 2 is 2.18 bits per heavy atom. The quantitative estimate of drug-likeness (QED) is 0.765. The van der Waals surface area contributed by atoms with E-state index in [4.69, 9.17) is 9.84 Å². The number of urea groups is 1. The van der Waals surface area contributed by atoms with Gasteiger partial charge in [0.15, 0.2) is 0 Å². The van der Waals surface area contributed by atoms with Crippen molar-refractivity contribution < 1.29 is 14.6 Å². The van der Waals surface area contributed by atoms with E-state index in [1.165, 1.54) is 11.8 Å². The van der Waals surface area contributed by atoms with Gasteiger partial charge in [0, 0.05) is 12.6 Å². The van der Waals surface area contributed by atoms with E-state index in [0.717, 1.165) is 12.2 Å². The first-order valence-electron chi connectivity index (χ1n) is 7.10. The lowest BCUT2D eigenvalue weighted by molar-refractivity contribution is 0.245. The minimum absolute atomic E-state index is 0.102. The number of amides is 2. The van der Waals surface area contributed by atoms with E-state index in [1.54, 1.807) is 12.1 Å². The molecule has 0 radical (unpaired) electrons. The molecule has 116 valence electrons. The third-order valence-electron chi connectivity index (χ3n) is 2.92. The molecule has 0 aliphatic carbocycles. The minimum atomic E-state index is -0.389. The second kappa shape index (κ2) is 7.99. The number of benzene rings is 1. The zero-order valence-corrected chi connectivity index (χ0v) is 12.4. The summed E-state index contributed by atoms with van der Waals surface area (Å²) in [5.41, 5.74) is 1.74. The Kier molecular flexibility index (Phi) is 5.73. The van der Waals surface area contributed by atoms with Crippen molar-refractivity contribution in [2.75, 3.05) is 18.5 Å². The molecule has 6 nitrogen and oxygen atoms in total. The molecule has 1 aromatic heterocycles. The van der Waals surface area contributed by atoms with Crippen molar-refractivity contribution in [2.24, 2.45) is 0 Å². The van der Waals surface area contributed by atoms with E-state index in [1.807, 2.05) is 24.3 Å². The molecule has 0 fully saturated rings. The summed E-state index contributed by atoms with van der Waals surface area (Å²) < 4.78 is 5.67. The summed E-state index contributed by atoms with van der Waals surface area (Å²) in [6, 6.07) is 10.8. The molecule has 0 aliphatic rings. The van der Waals surface area contributed by atoms with Crippen molar-refractivity contribution in [3.05, 3.63) is 48.2 Å². The van der Waals surface area contributed by atoms with Crippen LogP contribution < -0.4 is 15.4 Å². The van der Waals surface area contributed by atoms with Crippen molar-refractivity contribution in [3.63, 3.8) is 0 Å². The number of hydrogen-bond acceptors (Lipinski definition) is 4. The summed E-state index contributed by atoms with van der Waals surface area (Å²) in [5.74, 6) is 1.18. The van der Waals surface area contributed by atoms with Crippen LogP contribution in [0.1, 0.15) is 12.5 Å². The Balaban J connectivity index is 1.95. The number of aromatic nitrogens is 1. The highest BCUT2D eigenvalue weighted by Crippen LogP contribution is 2.21. The summed E-state index contributed by atoms with van der Waals surface area (Å²) >= 11 is 0. The lowest BCUT2D eigenvalue weighted by atomic mass is 10.2. The van der Waals surface area contributed by atoms with Gasteiger partial charge < -0.3 is 20.5 Å². The first-order valence-corrected chi connectivity index (χ1v) is 7.10. The van der Waals surface area contributed by atoms with Gasteiger partial charge >= 0.3 is 6.03 Å². The van der Waals surface area contributed by atoms with Gasteiger partial charge in [-0.25, -0.2) is 9.78 Å². The SMILES string of the molecule is CCc1cccc(Oc2ccc(NC(=O)NCCO)cn2)c1. The van der Waals surface area contributed by atoms with E-state index in [-0.39, 0.29) is 19.2 Å². The molecule has 3 N–H and O–H groups in total. The molecule has 0 aliphatic heterocycles. The van der Waals surface area contributed by atoms with Crippen LogP contribution in [0.15, 0.2) is 42.6 Å². The van der Waals surface area contributed by atoms with E-state index >= 15 is 0 Å². The fourth-order valence-corrected chi connectivity index (χ4v) is 1.81. The number of rotatable bonds is 6. The molecular formula is C16H19N3O3. The van der Waals surface area contributed by atoms with Crippen molar-refractivity contribution >= 4 is 11.7 Å². The number of ether oxygens (including phenoxy) is 1. The van der Waals surface area contributed by atoms with Crippen molar-refractivity contribution in [3.8, 4) is 11.6 Å². The number of aliphatic hydroxyl groups excluding tert-OH is 1. The van der Waals surface area contributed by atoms with Crippen LogP contribution >= 0.6 is 0 Å². The van der Waals surface area contributed by atoms with E-state index in [0.29, 0.717) is 11.6 Å². The summed E-state index contributed by atoms with van der Waals surface area (Å²) in [6.45, 7) is 2.18. The molecule has 2 amide bonds. The van der Waals surface area contributed by atoms with Gasteiger partial charge in [-0.1, -0.05) is 19.1 Å². The molecule has 0 spiro atoms. The Morgan fingerprint density at radius 3 is 2.86 bits per heavy atom. The zero-order chi connectivity index (χ0) is 15.8. The van der Waals surface area contributed by atoms with Crippen LogP contribution in [-0.4, -0.2) is 29.3 Å². The van der Waals surface area contributed by atoms with E-state index in [9.17, 15) is 4.79 Å². The van der Waals surface area contributed by atoms with Crippen LogP contribution in [-0.2, 0) is 6.42 Å². The molecule has 22 heavy (non-hydrogen) atoms. The lowest BCUT2D eigenvalue weighted by Gasteiger charge is -2.08. The molecule has 0 saturated carbocycles. The number of pyridine rings is 1. The highest BCUT2D eigenvalue weighted by atomic mass is 16.5. The molecule has 0 atom stereocenters. The molecule has 2 aromatic rings. The average molecular weight is 301 g/mol. The van der Waals surface area contributed by atoms with E-state index in [2.05, 4.69) is 22.5 Å². The highest BCUT2D eigenvalue weighted by Gasteiger charge is 2.03. The first kappa shape index (κ1) is 15.8. The molecule has 1 heterocycles. The Hall–Kier alpha value is -2.60. The molecule has 2 rings (SSSR count). The third-order valence-corrected chi connectivity index (χ3v) is 2.92. The number of anilines is 1. The van der Waals surface area contributed by atoms with Crippen molar-refractivity contribution in [1.82, 2.24) is 10.3 Å². The van der Waals surface area contributed by atoms with Crippen LogP contribution in [0, 0.1) is 0 Å². The van der Waals surface area contributed by atoms with Crippen LogP contribution in [0.3, 0.4) is 0 Å². The normalized spacial score (nSPS) is 10.1. The number of nitrogens with one attached hydrogen (secondary N) is 2. The molecule has 0 saturated heterocycles. The molecule has 0 unspecified atom stereocenters. The molecule has 1 aromatic carbocycles. The van der Waals surface area contributed by atoms with Crippen LogP contribution in [0.25, 0.3) is 0 Å². The second-order valence-corrected chi connectivity index (χ2v) is 4.59. The predicted molar refractivity (Wildman–Crippen MR) is 84.2 cm³/mol. The minimum Gasteiger partial charge on any atom is -0.439 e. The van der Waals surface area contributed by atoms with Gasteiger partial charge in [-0.3, -0.25) is 0 Å². The van der Waals surface area contributed by atoms with Gasteiger partial charge in [0.1, 0.15) is 5.75 Å². The van der Waals surface area contributed by atoms with Gasteiger partial charge in [-0.15, -0.1) is 0 Å². The van der Waals surface area contributed by atoms with Crippen LogP contribution in [0.4, 0.5) is 10.5 Å². The Bertz CT molecular complexity index is 614. The number of aryl methyl sites for hydroxylation is 1. The monoisotopic (exact) mass is 301 g/mol. The molecular weight excluding hydrogens is 282 g/mol. The number of aliphatic hydroxyl groups is 1. The summed E-state index contributed by atoms with van der Waals surface area (Å²) in [6.07, 6.45) is 2.45. The fraction of sp³-hybridized carbons (Fsp3) is 0.250. The fourth-order valence-electron chi connectivity index (χ4n) is 1.81. The van der Waals surface area contributed by atoms with Crippen molar-refractivity contribution in [2.45, 2.75) is 13.3 Å². The summed E-state index contributed by atoms with van der Waals surface area (Å²) in [5, 5.41) is 13.7. The van der Waals surface area contributed by atoms with E-state index < -0.39 is 0 Å². The number of carbonyl (C=O) groups is 1. The van der Waals surface area contributed by atoms with Crippen molar-refractivity contribution in [1.29, 1.82) is 0 Å². The number of hydrogen-bond donors (Lipinski definition) is 3. The Morgan fingerprint density at radius 1 is 1.32 bits per heavy atom. The molecule has 6 heteroatoms. The van der Waals surface area contributed by atoms with Crippen LogP contribution in [0.2, 0.25) is 0 Å². The number of carbonyl (C=O) groups excluding carboxylic acids is 1. The smallest absolute Gasteiger partial charge is 0.319 e. The van der Waals surface area contributed by atoms with Crippen LogP contribution in [0.5, 0.6) is 11.6 Å². The highest BCUT2D eigenvalue weighted by molar-refractivity contribution is 5.88. The summed E-state index contributed by atoms with van der Waals surface area (Å²) in [7, 11) is 0. The topological polar surface area (TPSA) is 83.5 Å². The third kappa shape index (κ3) is 4.75. The van der Waals surface area contributed by atoms with Gasteiger partial charge in [-0.2, -0.15) is 0 Å². The predicted octanol–water partition coefficient (Wildman–Crippen LogP) is 2.55. The van der Waals surface area contributed by atoms with Gasteiger partial charge in [0.05, 0.1) is 18.5 Å². The lowest BCUT2D eigenvalue weighted by Crippen LogP contribution is -2.30. The zero-order valence-electron chi connectivity index (χ0n) is 12.4. The second-order valence-electron chi connectivity index (χ2n) is 4.59. The van der Waals surface area contributed by atoms with Gasteiger partial charge in [-0.05, 0) is 30.2 Å². The average Bonchev–Trinajstić information content (AvgIpc) is 2.55. The largest absolute Gasteiger partial charge is 0.439 e. The maximum Gasteiger partial charge on any atom is 0.319 e. The van der Waals surface area contributed by atoms with Gasteiger partial charge in [0.25, 0.3) is 0 Å². The number of nitrogens with zero attached hydrogens (tertiary/aromatic N) is 1. The maximum atomic E-state index is 11.4. The first-order chi connectivity index (χ1) is 10.7. The van der Waals surface area contributed by atoms with Gasteiger partial charge in [0.2, 0.25) is 5.88 Å². The Labute approximate surface area is 129 Å². The summed E-state index contributed by atoms with van der Waals surface area (Å²) in [4.78, 5) is 15.6.